The monoisotopic (exact) mass is 467 g/mol. The number of halogens is 5. The van der Waals surface area contributed by atoms with Gasteiger partial charge >= 0.3 is 0 Å². The van der Waals surface area contributed by atoms with Crippen LogP contribution in [0.3, 0.4) is 0 Å². The van der Waals surface area contributed by atoms with Crippen LogP contribution in [0.25, 0.3) is 5.57 Å². The highest BCUT2D eigenvalue weighted by atomic mass is 127. The van der Waals surface area contributed by atoms with Crippen molar-refractivity contribution in [3.8, 4) is 0 Å². The van der Waals surface area contributed by atoms with Gasteiger partial charge in [0, 0.05) is 6.42 Å². The van der Waals surface area contributed by atoms with Crippen LogP contribution < -0.4 is 26.4 Å². The quantitative estimate of drug-likeness (QED) is 0.311. The van der Waals surface area contributed by atoms with Gasteiger partial charge in [0.2, 0.25) is 0 Å². The SMILES string of the molecule is FC1=C(c2cc(F)c(F)c(F)c2)CCC(C2CCC(CN[I-])CC2)C1. The van der Waals surface area contributed by atoms with Gasteiger partial charge in [0.15, 0.2) is 17.5 Å². The van der Waals surface area contributed by atoms with Crippen LogP contribution in [0.1, 0.15) is 50.5 Å². The zero-order valence-electron chi connectivity index (χ0n) is 13.9. The summed E-state index contributed by atoms with van der Waals surface area (Å²) >= 11 is 2.17. The standard InChI is InChI=1S/C19H22F4IN/c20-16-7-13(12-3-1-11(2-4-12)10-25-24)5-6-15(16)14-8-17(21)19(23)18(22)9-14/h8-9,11-13,25H,1-7,10H2/q-1. The summed E-state index contributed by atoms with van der Waals surface area (Å²) in [6.07, 6.45) is 6.19. The van der Waals surface area contributed by atoms with E-state index in [4.69, 9.17) is 0 Å². The molecule has 1 nitrogen and oxygen atoms in total. The Kier molecular flexibility index (Phi) is 6.41. The zero-order chi connectivity index (χ0) is 18.0. The third-order valence-electron chi connectivity index (χ3n) is 5.79. The van der Waals surface area contributed by atoms with Gasteiger partial charge in [0.1, 0.15) is 5.83 Å². The van der Waals surface area contributed by atoms with Gasteiger partial charge in [-0.1, -0.05) is 0 Å². The lowest BCUT2D eigenvalue weighted by atomic mass is 9.71. The molecule has 1 aromatic carbocycles. The van der Waals surface area contributed by atoms with Crippen molar-refractivity contribution in [1.82, 2.24) is 3.53 Å². The van der Waals surface area contributed by atoms with Gasteiger partial charge < -0.3 is 26.4 Å². The molecule has 1 N–H and O–H groups in total. The Balaban J connectivity index is 1.68. The summed E-state index contributed by atoms with van der Waals surface area (Å²) in [4.78, 5) is 0. The highest BCUT2D eigenvalue weighted by Crippen LogP contribution is 2.44. The Morgan fingerprint density at radius 1 is 0.920 bits per heavy atom. The fourth-order valence-corrected chi connectivity index (χ4v) is 4.95. The normalized spacial score (nSPS) is 27.6. The molecule has 0 aromatic heterocycles. The maximum absolute atomic E-state index is 14.6. The van der Waals surface area contributed by atoms with Crippen LogP contribution in [-0.2, 0) is 0 Å². The number of nitrogens with one attached hydrogen (secondary N) is 1. The minimum Gasteiger partial charge on any atom is -0.703 e. The molecule has 1 unspecified atom stereocenters. The first-order valence-electron chi connectivity index (χ1n) is 8.85. The zero-order valence-corrected chi connectivity index (χ0v) is 16.1. The van der Waals surface area contributed by atoms with Crippen LogP contribution in [0, 0.1) is 35.2 Å². The van der Waals surface area contributed by atoms with Crippen molar-refractivity contribution in [2.24, 2.45) is 17.8 Å². The molecule has 0 bridgehead atoms. The Labute approximate surface area is 159 Å². The van der Waals surface area contributed by atoms with Gasteiger partial charge in [-0.05, 0) is 86.1 Å². The molecule has 0 heterocycles. The topological polar surface area (TPSA) is 12.0 Å². The van der Waals surface area contributed by atoms with E-state index < -0.39 is 17.5 Å². The second-order valence-corrected chi connectivity index (χ2v) is 8.02. The predicted molar refractivity (Wildman–Crippen MR) is 85.1 cm³/mol. The lowest BCUT2D eigenvalue weighted by Crippen LogP contribution is -3.42. The molecule has 0 saturated heterocycles. The summed E-state index contributed by atoms with van der Waals surface area (Å²) in [5, 5.41) is 0. The fraction of sp³-hybridized carbons (Fsp3) is 0.579. The lowest BCUT2D eigenvalue weighted by molar-refractivity contribution is -0.444. The molecule has 3 rings (SSSR count). The first-order chi connectivity index (χ1) is 12.0. The molecular weight excluding hydrogens is 445 g/mol. The number of rotatable bonds is 4. The first kappa shape index (κ1) is 19.1. The smallest absolute Gasteiger partial charge is 0.194 e. The highest BCUT2D eigenvalue weighted by Gasteiger charge is 2.31. The molecule has 1 aromatic rings. The molecule has 6 heteroatoms. The fourth-order valence-electron chi connectivity index (χ4n) is 4.33. The third kappa shape index (κ3) is 4.38. The van der Waals surface area contributed by atoms with E-state index in [9.17, 15) is 17.6 Å². The van der Waals surface area contributed by atoms with Gasteiger partial charge in [-0.2, -0.15) is 0 Å². The van der Waals surface area contributed by atoms with Crippen molar-refractivity contribution in [2.75, 3.05) is 6.54 Å². The summed E-state index contributed by atoms with van der Waals surface area (Å²) in [5.41, 5.74) is 0.459. The summed E-state index contributed by atoms with van der Waals surface area (Å²) in [6, 6.07) is 1.80. The molecule has 2 aliphatic carbocycles. The second kappa shape index (κ2) is 8.37. The Morgan fingerprint density at radius 3 is 2.12 bits per heavy atom. The van der Waals surface area contributed by atoms with E-state index in [1.807, 2.05) is 0 Å². The van der Waals surface area contributed by atoms with Gasteiger partial charge in [-0.25, -0.2) is 17.6 Å². The van der Waals surface area contributed by atoms with Crippen molar-refractivity contribution in [3.63, 3.8) is 0 Å². The first-order valence-corrected chi connectivity index (χ1v) is 9.93. The maximum Gasteiger partial charge on any atom is 0.194 e. The van der Waals surface area contributed by atoms with Crippen LogP contribution in [0.2, 0.25) is 0 Å². The number of allylic oxidation sites excluding steroid dienone is 2. The van der Waals surface area contributed by atoms with Crippen molar-refractivity contribution in [2.45, 2.75) is 44.9 Å². The molecule has 1 radical (unpaired) electrons. The molecule has 139 valence electrons. The van der Waals surface area contributed by atoms with E-state index in [1.54, 1.807) is 0 Å². The van der Waals surface area contributed by atoms with Gasteiger partial charge in [-0.15, -0.1) is 0 Å². The second-order valence-electron chi connectivity index (χ2n) is 7.26. The van der Waals surface area contributed by atoms with Crippen molar-refractivity contribution in [3.05, 3.63) is 41.0 Å². The van der Waals surface area contributed by atoms with Crippen molar-refractivity contribution >= 4 is 5.57 Å². The molecule has 1 saturated carbocycles. The number of hydrogen-bond donors (Lipinski definition) is 1. The summed E-state index contributed by atoms with van der Waals surface area (Å²) < 4.78 is 57.8. The molecule has 25 heavy (non-hydrogen) atoms. The van der Waals surface area contributed by atoms with E-state index in [2.05, 4.69) is 26.4 Å². The Morgan fingerprint density at radius 2 is 1.56 bits per heavy atom. The summed E-state index contributed by atoms with van der Waals surface area (Å²) in [5.74, 6) is -2.79. The summed E-state index contributed by atoms with van der Waals surface area (Å²) in [6.45, 7) is 1.03. The highest BCUT2D eigenvalue weighted by molar-refractivity contribution is 5.68. The number of hydrogen-bond acceptors (Lipinski definition) is 1. The lowest BCUT2D eigenvalue weighted by Gasteiger charge is -2.36. The number of benzene rings is 1. The van der Waals surface area contributed by atoms with Crippen LogP contribution in [0.4, 0.5) is 17.6 Å². The third-order valence-corrected chi connectivity index (χ3v) is 6.23. The Bertz CT molecular complexity index is 630. The van der Waals surface area contributed by atoms with E-state index >= 15 is 0 Å². The van der Waals surface area contributed by atoms with E-state index in [0.29, 0.717) is 36.2 Å². The van der Waals surface area contributed by atoms with Gasteiger partial charge in [0.25, 0.3) is 0 Å². The molecule has 1 fully saturated rings. The van der Waals surface area contributed by atoms with E-state index in [0.717, 1.165) is 37.9 Å². The largest absolute Gasteiger partial charge is 0.703 e. The average Bonchev–Trinajstić information content (AvgIpc) is 2.60. The van der Waals surface area contributed by atoms with Crippen LogP contribution in [0.15, 0.2) is 18.0 Å². The molecular formula is C19H22F4IN-. The Hall–Kier alpha value is -0.630. The van der Waals surface area contributed by atoms with E-state index in [1.165, 1.54) is 12.8 Å². The molecule has 0 aliphatic heterocycles. The van der Waals surface area contributed by atoms with Crippen LogP contribution in [0.5, 0.6) is 0 Å². The maximum atomic E-state index is 14.6. The molecule has 0 spiro atoms. The minimum absolute atomic E-state index is 0.129. The van der Waals surface area contributed by atoms with Gasteiger partial charge in [0.05, 0.1) is 0 Å². The molecule has 1 atom stereocenters. The predicted octanol–water partition coefficient (Wildman–Crippen LogP) is 2.45. The minimum atomic E-state index is -1.50. The van der Waals surface area contributed by atoms with Crippen molar-refractivity contribution in [1.29, 1.82) is 0 Å². The average molecular weight is 467 g/mol. The van der Waals surface area contributed by atoms with Crippen molar-refractivity contribution < 1.29 is 40.4 Å². The summed E-state index contributed by atoms with van der Waals surface area (Å²) in [7, 11) is 0. The van der Waals surface area contributed by atoms with Crippen LogP contribution >= 0.6 is 0 Å². The molecule has 0 amide bonds. The van der Waals surface area contributed by atoms with Crippen LogP contribution in [-0.4, -0.2) is 6.54 Å². The molecule has 2 aliphatic rings. The van der Waals surface area contributed by atoms with E-state index in [-0.39, 0.29) is 11.4 Å². The van der Waals surface area contributed by atoms with Gasteiger partial charge in [-0.3, -0.25) is 0 Å².